The molecular weight excluding hydrogens is 456 g/mol. The molecule has 3 atom stereocenters. The average molecular weight is 483 g/mol. The number of rotatable bonds is 9. The van der Waals surface area contributed by atoms with E-state index in [1.54, 1.807) is 66.7 Å². The number of nitrogens with two attached hydrogens (primary N) is 1. The third-order valence-electron chi connectivity index (χ3n) is 5.79. The van der Waals surface area contributed by atoms with Crippen LogP contribution in [0.25, 0.3) is 10.9 Å². The van der Waals surface area contributed by atoms with Crippen molar-refractivity contribution < 1.29 is 19.5 Å². The SMILES string of the molecule is NC(=O)[C@H](Cc1ccc2ccccc2n1)NC(=O)[C@H](O)[C@@H](NC(=O)c1ccccc1)c1ccccc1. The van der Waals surface area contributed by atoms with Crippen LogP contribution in [0.15, 0.2) is 97.1 Å². The number of fused-ring (bicyclic) bond motifs is 1. The summed E-state index contributed by atoms with van der Waals surface area (Å²) < 4.78 is 0. The number of aromatic nitrogens is 1. The zero-order valence-corrected chi connectivity index (χ0v) is 19.4. The van der Waals surface area contributed by atoms with Gasteiger partial charge in [0.05, 0.1) is 11.6 Å². The highest BCUT2D eigenvalue weighted by atomic mass is 16.3. The molecule has 4 aromatic rings. The van der Waals surface area contributed by atoms with Gasteiger partial charge >= 0.3 is 0 Å². The highest BCUT2D eigenvalue weighted by molar-refractivity contribution is 5.95. The van der Waals surface area contributed by atoms with Gasteiger partial charge in [-0.2, -0.15) is 0 Å². The molecule has 8 heteroatoms. The number of hydrogen-bond acceptors (Lipinski definition) is 5. The summed E-state index contributed by atoms with van der Waals surface area (Å²) in [5.41, 5.74) is 7.77. The lowest BCUT2D eigenvalue weighted by Gasteiger charge is -2.25. The van der Waals surface area contributed by atoms with E-state index < -0.39 is 35.9 Å². The molecule has 0 radical (unpaired) electrons. The van der Waals surface area contributed by atoms with Crippen LogP contribution < -0.4 is 16.4 Å². The van der Waals surface area contributed by atoms with Crippen molar-refractivity contribution in [3.63, 3.8) is 0 Å². The van der Waals surface area contributed by atoms with Gasteiger partial charge in [-0.1, -0.05) is 72.8 Å². The number of benzene rings is 3. The van der Waals surface area contributed by atoms with Crippen molar-refractivity contribution >= 4 is 28.6 Å². The Balaban J connectivity index is 1.52. The number of aliphatic hydroxyl groups is 1. The summed E-state index contributed by atoms with van der Waals surface area (Å²) in [6.07, 6.45) is -1.64. The molecule has 0 saturated carbocycles. The summed E-state index contributed by atoms with van der Waals surface area (Å²) in [5, 5.41) is 17.2. The first-order valence-corrected chi connectivity index (χ1v) is 11.5. The fourth-order valence-electron chi connectivity index (χ4n) is 3.88. The van der Waals surface area contributed by atoms with E-state index in [0.717, 1.165) is 10.9 Å². The van der Waals surface area contributed by atoms with Gasteiger partial charge in [-0.3, -0.25) is 19.4 Å². The first-order valence-electron chi connectivity index (χ1n) is 11.5. The van der Waals surface area contributed by atoms with Crippen LogP contribution in [0.1, 0.15) is 27.7 Å². The summed E-state index contributed by atoms with van der Waals surface area (Å²) in [5.74, 6) is -2.07. The summed E-state index contributed by atoms with van der Waals surface area (Å²) in [7, 11) is 0. The Bertz CT molecular complexity index is 1360. The third-order valence-corrected chi connectivity index (χ3v) is 5.79. The molecule has 0 bridgehead atoms. The number of nitrogens with zero attached hydrogens (tertiary/aromatic N) is 1. The number of amides is 3. The van der Waals surface area contributed by atoms with Gasteiger partial charge in [0, 0.05) is 23.1 Å². The molecule has 8 nitrogen and oxygen atoms in total. The quantitative estimate of drug-likeness (QED) is 0.290. The summed E-state index contributed by atoms with van der Waals surface area (Å²) in [4.78, 5) is 42.5. The highest BCUT2D eigenvalue weighted by Gasteiger charge is 2.32. The lowest BCUT2D eigenvalue weighted by Crippen LogP contribution is -2.52. The Morgan fingerprint density at radius 3 is 2.14 bits per heavy atom. The van der Waals surface area contributed by atoms with Gasteiger partial charge in [-0.25, -0.2) is 0 Å². The van der Waals surface area contributed by atoms with E-state index in [-0.39, 0.29) is 6.42 Å². The molecule has 3 amide bonds. The van der Waals surface area contributed by atoms with Crippen LogP contribution in [0.5, 0.6) is 0 Å². The smallest absolute Gasteiger partial charge is 0.252 e. The van der Waals surface area contributed by atoms with Crippen LogP contribution in [0, 0.1) is 0 Å². The number of pyridine rings is 1. The van der Waals surface area contributed by atoms with E-state index in [1.807, 2.05) is 30.3 Å². The molecule has 0 saturated heterocycles. The molecule has 0 spiro atoms. The maximum absolute atomic E-state index is 13.1. The van der Waals surface area contributed by atoms with Crippen molar-refractivity contribution in [2.45, 2.75) is 24.6 Å². The van der Waals surface area contributed by atoms with Crippen LogP contribution in [0.3, 0.4) is 0 Å². The van der Waals surface area contributed by atoms with Crippen molar-refractivity contribution in [2.75, 3.05) is 0 Å². The second kappa shape index (κ2) is 11.2. The van der Waals surface area contributed by atoms with Crippen LogP contribution >= 0.6 is 0 Å². The standard InChI is InChI=1S/C28H26N4O4/c29-26(34)23(17-21-16-15-18-9-7-8-14-22(18)30-21)31-28(36)25(33)24(19-10-3-1-4-11-19)32-27(35)20-12-5-2-6-13-20/h1-16,23-25,33H,17H2,(H2,29,34)(H,31,36)(H,32,35)/t23-,24-,25+/m0/s1. The molecule has 5 N–H and O–H groups in total. The van der Waals surface area contributed by atoms with Crippen LogP contribution in [-0.4, -0.2) is 40.0 Å². The second-order valence-corrected chi connectivity index (χ2v) is 8.34. The number of carbonyl (C=O) groups is 3. The van der Waals surface area contributed by atoms with Gasteiger partial charge in [-0.15, -0.1) is 0 Å². The van der Waals surface area contributed by atoms with Gasteiger partial charge < -0.3 is 21.5 Å². The number of primary amides is 1. The van der Waals surface area contributed by atoms with Crippen molar-refractivity contribution in [3.05, 3.63) is 114 Å². The van der Waals surface area contributed by atoms with Crippen LogP contribution in [-0.2, 0) is 16.0 Å². The Labute approximate surface area is 208 Å². The molecule has 1 heterocycles. The minimum atomic E-state index is -1.69. The lowest BCUT2D eigenvalue weighted by molar-refractivity contribution is -0.134. The third kappa shape index (κ3) is 5.92. The normalized spacial score (nSPS) is 13.4. The van der Waals surface area contributed by atoms with Crippen molar-refractivity contribution in [1.29, 1.82) is 0 Å². The number of nitrogens with one attached hydrogen (secondary N) is 2. The summed E-state index contributed by atoms with van der Waals surface area (Å²) >= 11 is 0. The summed E-state index contributed by atoms with van der Waals surface area (Å²) in [6.45, 7) is 0. The van der Waals surface area contributed by atoms with Gasteiger partial charge in [-0.05, 0) is 29.8 Å². The molecule has 0 unspecified atom stereocenters. The first kappa shape index (κ1) is 24.6. The van der Waals surface area contributed by atoms with E-state index in [9.17, 15) is 19.5 Å². The molecular formula is C28H26N4O4. The van der Waals surface area contributed by atoms with E-state index in [2.05, 4.69) is 15.6 Å². The number of aliphatic hydroxyl groups excluding tert-OH is 1. The van der Waals surface area contributed by atoms with E-state index in [0.29, 0.717) is 16.8 Å². The predicted octanol–water partition coefficient (Wildman–Crippen LogP) is 2.28. The van der Waals surface area contributed by atoms with Gasteiger partial charge in [0.15, 0.2) is 6.10 Å². The largest absolute Gasteiger partial charge is 0.381 e. The molecule has 4 rings (SSSR count). The van der Waals surface area contributed by atoms with Gasteiger partial charge in [0.1, 0.15) is 6.04 Å². The summed E-state index contributed by atoms with van der Waals surface area (Å²) in [6, 6.07) is 26.1. The fourth-order valence-corrected chi connectivity index (χ4v) is 3.88. The maximum atomic E-state index is 13.1. The average Bonchev–Trinajstić information content (AvgIpc) is 2.91. The van der Waals surface area contributed by atoms with Crippen LogP contribution in [0.2, 0.25) is 0 Å². The van der Waals surface area contributed by atoms with Crippen LogP contribution in [0.4, 0.5) is 0 Å². The topological polar surface area (TPSA) is 134 Å². The number of para-hydroxylation sites is 1. The van der Waals surface area contributed by atoms with Gasteiger partial charge in [0.25, 0.3) is 11.8 Å². The molecule has 36 heavy (non-hydrogen) atoms. The molecule has 0 aliphatic heterocycles. The maximum Gasteiger partial charge on any atom is 0.252 e. The molecule has 182 valence electrons. The Hall–Kier alpha value is -4.56. The predicted molar refractivity (Wildman–Crippen MR) is 136 cm³/mol. The highest BCUT2D eigenvalue weighted by Crippen LogP contribution is 2.19. The Kier molecular flexibility index (Phi) is 7.67. The second-order valence-electron chi connectivity index (χ2n) is 8.34. The van der Waals surface area contributed by atoms with E-state index in [1.165, 1.54) is 0 Å². The zero-order chi connectivity index (χ0) is 25.5. The number of hydrogen-bond donors (Lipinski definition) is 4. The molecule has 1 aromatic heterocycles. The minimum absolute atomic E-state index is 0.0466. The molecule has 0 fully saturated rings. The van der Waals surface area contributed by atoms with Gasteiger partial charge in [0.2, 0.25) is 5.91 Å². The van der Waals surface area contributed by atoms with Crippen molar-refractivity contribution in [1.82, 2.24) is 15.6 Å². The van der Waals surface area contributed by atoms with Crippen molar-refractivity contribution in [3.8, 4) is 0 Å². The first-order chi connectivity index (χ1) is 17.4. The lowest BCUT2D eigenvalue weighted by atomic mass is 9.99. The Morgan fingerprint density at radius 1 is 0.806 bits per heavy atom. The molecule has 0 aliphatic rings. The zero-order valence-electron chi connectivity index (χ0n) is 19.4. The molecule has 0 aliphatic carbocycles. The van der Waals surface area contributed by atoms with Crippen molar-refractivity contribution in [2.24, 2.45) is 5.73 Å². The molecule has 3 aromatic carbocycles. The fraction of sp³-hybridized carbons (Fsp3) is 0.143. The Morgan fingerprint density at radius 2 is 1.44 bits per heavy atom. The minimum Gasteiger partial charge on any atom is -0.381 e. The van der Waals surface area contributed by atoms with E-state index >= 15 is 0 Å². The monoisotopic (exact) mass is 482 g/mol. The van der Waals surface area contributed by atoms with E-state index in [4.69, 9.17) is 5.73 Å². The number of carbonyl (C=O) groups excluding carboxylic acids is 3.